The fourth-order valence-corrected chi connectivity index (χ4v) is 4.14. The van der Waals surface area contributed by atoms with Gasteiger partial charge < -0.3 is 0 Å². The highest BCUT2D eigenvalue weighted by Crippen LogP contribution is 2.38. The van der Waals surface area contributed by atoms with Gasteiger partial charge in [0.25, 0.3) is 0 Å². The van der Waals surface area contributed by atoms with Crippen LogP contribution in [0.4, 0.5) is 0 Å². The van der Waals surface area contributed by atoms with E-state index >= 15 is 0 Å². The minimum absolute atomic E-state index is 0.154. The second kappa shape index (κ2) is 6.01. The minimum Gasteiger partial charge on any atom is -0.268 e. The Kier molecular flexibility index (Phi) is 4.20. The molecule has 0 bridgehead atoms. The molecule has 2 heterocycles. The molecular weight excluding hydrogens is 314 g/mol. The molecule has 0 spiro atoms. The average Bonchev–Trinajstić information content (AvgIpc) is 3.31. The summed E-state index contributed by atoms with van der Waals surface area (Å²) in [6.07, 6.45) is 3.80. The van der Waals surface area contributed by atoms with Crippen LogP contribution in [-0.2, 0) is 23.1 Å². The molecule has 124 valence electrons. The summed E-state index contributed by atoms with van der Waals surface area (Å²) in [5.74, 6) is 0.514. The highest BCUT2D eigenvalue weighted by atomic mass is 32.2. The van der Waals surface area contributed by atoms with Gasteiger partial charge >= 0.3 is 0 Å². The van der Waals surface area contributed by atoms with Crippen molar-refractivity contribution in [2.75, 3.05) is 0 Å². The molecule has 3 rings (SSSR count). The number of aromatic nitrogens is 4. The Bertz CT molecular complexity index is 824. The van der Waals surface area contributed by atoms with Crippen LogP contribution in [0.5, 0.6) is 0 Å². The van der Waals surface area contributed by atoms with Crippen molar-refractivity contribution < 1.29 is 8.42 Å². The molecule has 0 aromatic carbocycles. The van der Waals surface area contributed by atoms with Crippen molar-refractivity contribution in [3.05, 3.63) is 35.2 Å². The van der Waals surface area contributed by atoms with Crippen LogP contribution < -0.4 is 4.72 Å². The third-order valence-electron chi connectivity index (χ3n) is 4.07. The largest absolute Gasteiger partial charge is 0.268 e. The zero-order chi connectivity index (χ0) is 16.6. The third-order valence-corrected chi connectivity index (χ3v) is 5.72. The summed E-state index contributed by atoms with van der Waals surface area (Å²) in [6, 6.07) is 1.88. The summed E-state index contributed by atoms with van der Waals surface area (Å²) in [4.78, 5) is 8.66. The van der Waals surface area contributed by atoms with Gasteiger partial charge in [0.05, 0.1) is 23.6 Å². The maximum atomic E-state index is 12.6. The highest BCUT2D eigenvalue weighted by molar-refractivity contribution is 7.89. The predicted octanol–water partition coefficient (Wildman–Crippen LogP) is 1.67. The van der Waals surface area contributed by atoms with Crippen LogP contribution in [0.3, 0.4) is 0 Å². The van der Waals surface area contributed by atoms with Gasteiger partial charge in [0.2, 0.25) is 10.0 Å². The van der Waals surface area contributed by atoms with E-state index in [0.29, 0.717) is 29.5 Å². The van der Waals surface area contributed by atoms with Gasteiger partial charge in [-0.2, -0.15) is 5.10 Å². The van der Waals surface area contributed by atoms with Crippen molar-refractivity contribution in [2.24, 2.45) is 0 Å². The van der Waals surface area contributed by atoms with Crippen molar-refractivity contribution >= 4 is 10.0 Å². The van der Waals surface area contributed by atoms with E-state index in [0.717, 1.165) is 18.5 Å². The maximum absolute atomic E-state index is 12.6. The lowest BCUT2D eigenvalue weighted by molar-refractivity contribution is 0.577. The summed E-state index contributed by atoms with van der Waals surface area (Å²) < 4.78 is 29.5. The molecule has 1 aliphatic carbocycles. The Morgan fingerprint density at radius 3 is 2.65 bits per heavy atom. The summed E-state index contributed by atoms with van der Waals surface area (Å²) in [6.45, 7) is 6.21. The first-order valence-corrected chi connectivity index (χ1v) is 9.25. The SMILES string of the molecule is CCn1nc(C)c(S(=O)(=O)NCc2cc(C3CC3)ncn2)c1C. The van der Waals surface area contributed by atoms with Crippen LogP contribution in [0.25, 0.3) is 0 Å². The number of sulfonamides is 1. The van der Waals surface area contributed by atoms with Gasteiger partial charge in [0.1, 0.15) is 11.2 Å². The minimum atomic E-state index is -3.62. The van der Waals surface area contributed by atoms with E-state index in [9.17, 15) is 8.42 Å². The van der Waals surface area contributed by atoms with E-state index < -0.39 is 10.0 Å². The molecule has 0 saturated heterocycles. The third kappa shape index (κ3) is 3.28. The van der Waals surface area contributed by atoms with Crippen molar-refractivity contribution in [1.82, 2.24) is 24.5 Å². The number of nitrogens with one attached hydrogen (secondary N) is 1. The highest BCUT2D eigenvalue weighted by Gasteiger charge is 2.26. The van der Waals surface area contributed by atoms with E-state index in [1.807, 2.05) is 13.0 Å². The van der Waals surface area contributed by atoms with E-state index in [2.05, 4.69) is 19.8 Å². The molecule has 1 fully saturated rings. The molecule has 0 aliphatic heterocycles. The molecular formula is C15H21N5O2S. The lowest BCUT2D eigenvalue weighted by Gasteiger charge is -2.08. The van der Waals surface area contributed by atoms with Crippen LogP contribution in [0, 0.1) is 13.8 Å². The molecule has 0 amide bonds. The first-order chi connectivity index (χ1) is 10.9. The monoisotopic (exact) mass is 335 g/mol. The lowest BCUT2D eigenvalue weighted by Crippen LogP contribution is -2.25. The van der Waals surface area contributed by atoms with E-state index in [4.69, 9.17) is 0 Å². The Labute approximate surface area is 136 Å². The van der Waals surface area contributed by atoms with Crippen LogP contribution in [0.15, 0.2) is 17.3 Å². The van der Waals surface area contributed by atoms with Crippen molar-refractivity contribution in [3.63, 3.8) is 0 Å². The standard InChI is InChI=1S/C15H21N5O2S/c1-4-20-11(3)15(10(2)19-20)23(21,22)18-8-13-7-14(12-5-6-12)17-9-16-13/h7,9,12,18H,4-6,8H2,1-3H3. The van der Waals surface area contributed by atoms with Gasteiger partial charge in [-0.1, -0.05) is 0 Å². The zero-order valence-corrected chi connectivity index (χ0v) is 14.4. The van der Waals surface area contributed by atoms with Gasteiger partial charge in [-0.15, -0.1) is 0 Å². The van der Waals surface area contributed by atoms with Crippen LogP contribution in [0.1, 0.15) is 48.5 Å². The molecule has 2 aromatic heterocycles. The van der Waals surface area contributed by atoms with Crippen LogP contribution >= 0.6 is 0 Å². The first-order valence-electron chi connectivity index (χ1n) is 7.77. The number of nitrogens with zero attached hydrogens (tertiary/aromatic N) is 4. The Hall–Kier alpha value is -1.80. The first kappa shape index (κ1) is 16.1. The smallest absolute Gasteiger partial charge is 0.244 e. The second-order valence-corrected chi connectivity index (χ2v) is 7.55. The van der Waals surface area contributed by atoms with Gasteiger partial charge in [0, 0.05) is 18.2 Å². The molecule has 1 saturated carbocycles. The van der Waals surface area contributed by atoms with Crippen molar-refractivity contribution in [1.29, 1.82) is 0 Å². The fourth-order valence-electron chi connectivity index (χ4n) is 2.73. The Morgan fingerprint density at radius 1 is 1.30 bits per heavy atom. The van der Waals surface area contributed by atoms with Gasteiger partial charge in [0.15, 0.2) is 0 Å². The van der Waals surface area contributed by atoms with Gasteiger partial charge in [-0.25, -0.2) is 23.1 Å². The molecule has 1 N–H and O–H groups in total. The summed E-state index contributed by atoms with van der Waals surface area (Å²) in [5.41, 5.74) is 2.85. The van der Waals surface area contributed by atoms with E-state index in [1.54, 1.807) is 18.5 Å². The summed E-state index contributed by atoms with van der Waals surface area (Å²) >= 11 is 0. The molecule has 23 heavy (non-hydrogen) atoms. The number of rotatable bonds is 6. The Balaban J connectivity index is 1.79. The molecule has 0 unspecified atom stereocenters. The van der Waals surface area contributed by atoms with E-state index in [-0.39, 0.29) is 11.4 Å². The maximum Gasteiger partial charge on any atom is 0.244 e. The lowest BCUT2D eigenvalue weighted by atomic mass is 10.2. The quantitative estimate of drug-likeness (QED) is 0.867. The zero-order valence-electron chi connectivity index (χ0n) is 13.6. The fraction of sp³-hybridized carbons (Fsp3) is 0.533. The summed E-state index contributed by atoms with van der Waals surface area (Å²) in [5, 5.41) is 4.27. The average molecular weight is 335 g/mol. The molecule has 1 aliphatic rings. The molecule has 0 atom stereocenters. The van der Waals surface area contributed by atoms with Gasteiger partial charge in [-0.3, -0.25) is 4.68 Å². The second-order valence-electron chi connectivity index (χ2n) is 5.85. The molecule has 2 aromatic rings. The normalized spacial score (nSPS) is 15.1. The molecule has 7 nitrogen and oxygen atoms in total. The van der Waals surface area contributed by atoms with Crippen LogP contribution in [0.2, 0.25) is 0 Å². The number of hydrogen-bond donors (Lipinski definition) is 1. The Morgan fingerprint density at radius 2 is 2.04 bits per heavy atom. The van der Waals surface area contributed by atoms with Gasteiger partial charge in [-0.05, 0) is 39.7 Å². The van der Waals surface area contributed by atoms with Crippen molar-refractivity contribution in [2.45, 2.75) is 57.5 Å². The molecule has 8 heteroatoms. The van der Waals surface area contributed by atoms with Crippen molar-refractivity contribution in [3.8, 4) is 0 Å². The van der Waals surface area contributed by atoms with E-state index in [1.165, 1.54) is 6.33 Å². The van der Waals surface area contributed by atoms with Crippen LogP contribution in [-0.4, -0.2) is 28.2 Å². The number of hydrogen-bond acceptors (Lipinski definition) is 5. The topological polar surface area (TPSA) is 89.8 Å². The summed E-state index contributed by atoms with van der Waals surface area (Å²) in [7, 11) is -3.62. The molecule has 0 radical (unpaired) electrons. The predicted molar refractivity (Wildman–Crippen MR) is 85.4 cm³/mol. The number of aryl methyl sites for hydroxylation is 2.